The lowest BCUT2D eigenvalue weighted by molar-refractivity contribution is -0.135. The summed E-state index contributed by atoms with van der Waals surface area (Å²) in [5.74, 6) is 0.129. The van der Waals surface area contributed by atoms with E-state index in [-0.39, 0.29) is 12.5 Å². The highest BCUT2D eigenvalue weighted by Crippen LogP contribution is 2.17. The molecule has 0 bridgehead atoms. The van der Waals surface area contributed by atoms with Crippen molar-refractivity contribution in [1.82, 2.24) is 20.0 Å². The second kappa shape index (κ2) is 6.37. The maximum absolute atomic E-state index is 11.8. The highest BCUT2D eigenvalue weighted by Gasteiger charge is 2.20. The van der Waals surface area contributed by atoms with Crippen molar-refractivity contribution >= 4 is 5.91 Å². The zero-order valence-electron chi connectivity index (χ0n) is 11.8. The third-order valence-corrected chi connectivity index (χ3v) is 4.06. The van der Waals surface area contributed by atoms with Crippen molar-refractivity contribution in [2.24, 2.45) is 0 Å². The van der Waals surface area contributed by atoms with E-state index < -0.39 is 0 Å². The molecule has 20 heavy (non-hydrogen) atoms. The first kappa shape index (κ1) is 13.6. The largest absolute Gasteiger partial charge is 0.372 e. The number of ether oxygens (including phenoxy) is 1. The standard InChI is InChI=1S/C14H22N4O2/c19-14(17-6-1-2-7-17)11-20-8-4-13-10-15-9-12-3-5-16-18(12)13/h3,5,13,15H,1-2,4,6-11H2. The van der Waals surface area contributed by atoms with Gasteiger partial charge in [0.1, 0.15) is 6.61 Å². The van der Waals surface area contributed by atoms with E-state index in [2.05, 4.69) is 15.1 Å². The van der Waals surface area contributed by atoms with Crippen molar-refractivity contribution in [3.05, 3.63) is 18.0 Å². The lowest BCUT2D eigenvalue weighted by Gasteiger charge is -2.25. The number of rotatable bonds is 5. The molecular weight excluding hydrogens is 256 g/mol. The molecule has 0 spiro atoms. The van der Waals surface area contributed by atoms with Crippen molar-refractivity contribution in [1.29, 1.82) is 0 Å². The van der Waals surface area contributed by atoms with Crippen LogP contribution in [0.3, 0.4) is 0 Å². The average Bonchev–Trinajstić information content (AvgIpc) is 3.13. The van der Waals surface area contributed by atoms with Crippen LogP contribution in [0.2, 0.25) is 0 Å². The molecule has 1 N–H and O–H groups in total. The summed E-state index contributed by atoms with van der Waals surface area (Å²) in [5.41, 5.74) is 1.22. The first-order valence-corrected chi connectivity index (χ1v) is 7.43. The highest BCUT2D eigenvalue weighted by atomic mass is 16.5. The Bertz CT molecular complexity index is 454. The maximum atomic E-state index is 11.8. The lowest BCUT2D eigenvalue weighted by Crippen LogP contribution is -2.34. The van der Waals surface area contributed by atoms with Crippen LogP contribution in [0, 0.1) is 0 Å². The van der Waals surface area contributed by atoms with Gasteiger partial charge in [-0.05, 0) is 25.3 Å². The quantitative estimate of drug-likeness (QED) is 0.799. The third-order valence-electron chi connectivity index (χ3n) is 4.06. The number of fused-ring (bicyclic) bond motifs is 1. The van der Waals surface area contributed by atoms with Gasteiger partial charge in [0.15, 0.2) is 0 Å². The number of nitrogens with one attached hydrogen (secondary N) is 1. The molecular formula is C14H22N4O2. The summed E-state index contributed by atoms with van der Waals surface area (Å²) in [6.45, 7) is 4.40. The number of hydrogen-bond donors (Lipinski definition) is 1. The monoisotopic (exact) mass is 278 g/mol. The smallest absolute Gasteiger partial charge is 0.248 e. The van der Waals surface area contributed by atoms with Crippen LogP contribution in [-0.2, 0) is 16.1 Å². The molecule has 1 saturated heterocycles. The van der Waals surface area contributed by atoms with Crippen LogP contribution in [0.15, 0.2) is 12.3 Å². The maximum Gasteiger partial charge on any atom is 0.248 e. The summed E-state index contributed by atoms with van der Waals surface area (Å²) in [6, 6.07) is 2.37. The Labute approximate surface area is 119 Å². The summed E-state index contributed by atoms with van der Waals surface area (Å²) in [6.07, 6.45) is 4.98. The van der Waals surface area contributed by atoms with Crippen LogP contribution in [0.4, 0.5) is 0 Å². The number of amides is 1. The first-order chi connectivity index (χ1) is 9.84. The van der Waals surface area contributed by atoms with E-state index in [1.165, 1.54) is 5.69 Å². The minimum atomic E-state index is 0.129. The fourth-order valence-electron chi connectivity index (χ4n) is 2.92. The van der Waals surface area contributed by atoms with Gasteiger partial charge in [-0.1, -0.05) is 0 Å². The fourth-order valence-corrected chi connectivity index (χ4v) is 2.92. The number of nitrogens with zero attached hydrogens (tertiary/aromatic N) is 3. The molecule has 2 aliphatic rings. The van der Waals surface area contributed by atoms with Crippen molar-refractivity contribution in [2.45, 2.75) is 31.8 Å². The number of carbonyl (C=O) groups excluding carboxylic acids is 1. The molecule has 0 saturated carbocycles. The summed E-state index contributed by atoms with van der Waals surface area (Å²) in [4.78, 5) is 13.7. The molecule has 6 nitrogen and oxygen atoms in total. The van der Waals surface area contributed by atoms with Gasteiger partial charge in [-0.15, -0.1) is 0 Å². The van der Waals surface area contributed by atoms with E-state index in [4.69, 9.17) is 4.74 Å². The van der Waals surface area contributed by atoms with Gasteiger partial charge in [-0.25, -0.2) is 0 Å². The fraction of sp³-hybridized carbons (Fsp3) is 0.714. The van der Waals surface area contributed by atoms with Crippen LogP contribution in [0.25, 0.3) is 0 Å². The topological polar surface area (TPSA) is 59.4 Å². The van der Waals surface area contributed by atoms with Crippen LogP contribution in [-0.4, -0.2) is 53.4 Å². The molecule has 1 atom stereocenters. The number of likely N-dealkylation sites (tertiary alicyclic amines) is 1. The summed E-state index contributed by atoms with van der Waals surface area (Å²) >= 11 is 0. The predicted molar refractivity (Wildman–Crippen MR) is 74.2 cm³/mol. The third kappa shape index (κ3) is 3.02. The van der Waals surface area contributed by atoms with Crippen molar-refractivity contribution < 1.29 is 9.53 Å². The number of aromatic nitrogens is 2. The Morgan fingerprint density at radius 3 is 3.15 bits per heavy atom. The molecule has 3 heterocycles. The second-order valence-electron chi connectivity index (χ2n) is 5.48. The van der Waals surface area contributed by atoms with Gasteiger partial charge in [-0.2, -0.15) is 5.10 Å². The van der Waals surface area contributed by atoms with E-state index >= 15 is 0 Å². The van der Waals surface area contributed by atoms with Gasteiger partial charge in [0.05, 0.1) is 11.7 Å². The minimum absolute atomic E-state index is 0.129. The van der Waals surface area contributed by atoms with E-state index in [0.29, 0.717) is 12.6 Å². The number of hydrogen-bond acceptors (Lipinski definition) is 4. The first-order valence-electron chi connectivity index (χ1n) is 7.43. The zero-order valence-corrected chi connectivity index (χ0v) is 11.8. The van der Waals surface area contributed by atoms with Crippen molar-refractivity contribution in [2.75, 3.05) is 32.8 Å². The van der Waals surface area contributed by atoms with Crippen LogP contribution in [0.5, 0.6) is 0 Å². The summed E-state index contributed by atoms with van der Waals surface area (Å²) in [7, 11) is 0. The molecule has 0 aromatic carbocycles. The van der Waals surface area contributed by atoms with Gasteiger partial charge in [0.25, 0.3) is 0 Å². The van der Waals surface area contributed by atoms with E-state index in [0.717, 1.165) is 45.4 Å². The van der Waals surface area contributed by atoms with Crippen LogP contribution in [0.1, 0.15) is 31.0 Å². The van der Waals surface area contributed by atoms with Gasteiger partial charge in [0.2, 0.25) is 5.91 Å². The summed E-state index contributed by atoms with van der Waals surface area (Å²) in [5, 5.41) is 7.74. The second-order valence-corrected chi connectivity index (χ2v) is 5.48. The molecule has 1 fully saturated rings. The van der Waals surface area contributed by atoms with Gasteiger partial charge >= 0.3 is 0 Å². The summed E-state index contributed by atoms with van der Waals surface area (Å²) < 4.78 is 7.61. The van der Waals surface area contributed by atoms with Crippen LogP contribution < -0.4 is 5.32 Å². The van der Waals surface area contributed by atoms with E-state index in [9.17, 15) is 4.79 Å². The Hall–Kier alpha value is -1.40. The molecule has 1 amide bonds. The predicted octanol–water partition coefficient (Wildman–Crippen LogP) is 0.556. The molecule has 6 heteroatoms. The van der Waals surface area contributed by atoms with Gasteiger partial charge in [0, 0.05) is 39.0 Å². The molecule has 1 aromatic rings. The van der Waals surface area contributed by atoms with E-state index in [1.54, 1.807) is 0 Å². The molecule has 2 aliphatic heterocycles. The normalized spacial score (nSPS) is 22.0. The molecule has 0 radical (unpaired) electrons. The van der Waals surface area contributed by atoms with Gasteiger partial charge in [-0.3, -0.25) is 9.48 Å². The van der Waals surface area contributed by atoms with Crippen molar-refractivity contribution in [3.8, 4) is 0 Å². The molecule has 1 unspecified atom stereocenters. The van der Waals surface area contributed by atoms with Crippen molar-refractivity contribution in [3.63, 3.8) is 0 Å². The molecule has 110 valence electrons. The van der Waals surface area contributed by atoms with E-state index in [1.807, 2.05) is 17.2 Å². The Kier molecular flexibility index (Phi) is 4.32. The zero-order chi connectivity index (χ0) is 13.8. The Balaban J connectivity index is 1.39. The minimum Gasteiger partial charge on any atom is -0.372 e. The highest BCUT2D eigenvalue weighted by molar-refractivity contribution is 5.77. The average molecular weight is 278 g/mol. The molecule has 0 aliphatic carbocycles. The lowest BCUT2D eigenvalue weighted by atomic mass is 10.1. The van der Waals surface area contributed by atoms with Gasteiger partial charge < -0.3 is 15.0 Å². The Morgan fingerprint density at radius 2 is 2.30 bits per heavy atom. The van der Waals surface area contributed by atoms with Crippen LogP contribution >= 0.6 is 0 Å². The Morgan fingerprint density at radius 1 is 1.45 bits per heavy atom. The molecule has 1 aromatic heterocycles. The number of carbonyl (C=O) groups is 1. The SMILES string of the molecule is O=C(COCCC1CNCc2ccnn21)N1CCCC1. The molecule has 3 rings (SSSR count).